The van der Waals surface area contributed by atoms with Crippen LogP contribution in [0.2, 0.25) is 0 Å². The van der Waals surface area contributed by atoms with Crippen molar-refractivity contribution in [2.75, 3.05) is 19.0 Å². The lowest BCUT2D eigenvalue weighted by atomic mass is 10.1. The number of esters is 2. The molecular formula is C29H28N4O9S. The molecule has 1 heterocycles. The van der Waals surface area contributed by atoms with Gasteiger partial charge in [-0.25, -0.2) is 15.0 Å². The van der Waals surface area contributed by atoms with Crippen LogP contribution in [0, 0.1) is 10.1 Å². The normalized spacial score (nSPS) is 12.5. The minimum atomic E-state index is -1.06. The van der Waals surface area contributed by atoms with Crippen LogP contribution in [0.4, 0.5) is 10.7 Å². The van der Waals surface area contributed by atoms with E-state index >= 15 is 0 Å². The summed E-state index contributed by atoms with van der Waals surface area (Å²) in [6.45, 7) is 1.87. The minimum absolute atomic E-state index is 0.00188. The second kappa shape index (κ2) is 14.2. The molecule has 2 amide bonds. The Kier molecular flexibility index (Phi) is 10.2. The lowest BCUT2D eigenvalue weighted by Gasteiger charge is -2.10. The Morgan fingerprint density at radius 3 is 2.53 bits per heavy atom. The number of benzene rings is 2. The molecule has 0 unspecified atom stereocenters. The molecule has 4 rings (SSSR count). The van der Waals surface area contributed by atoms with Gasteiger partial charge in [0.25, 0.3) is 5.69 Å². The summed E-state index contributed by atoms with van der Waals surface area (Å²) in [7, 11) is 1.33. The molecule has 0 fully saturated rings. The van der Waals surface area contributed by atoms with Crippen LogP contribution in [0.3, 0.4) is 0 Å². The van der Waals surface area contributed by atoms with Gasteiger partial charge in [0.15, 0.2) is 11.5 Å². The Labute approximate surface area is 250 Å². The van der Waals surface area contributed by atoms with Gasteiger partial charge in [0.1, 0.15) is 10.6 Å². The maximum absolute atomic E-state index is 12.7. The lowest BCUT2D eigenvalue weighted by Crippen LogP contribution is -2.32. The minimum Gasteiger partial charge on any atom is -0.493 e. The smallest absolute Gasteiger partial charge is 0.350 e. The van der Waals surface area contributed by atoms with Gasteiger partial charge < -0.3 is 19.5 Å². The van der Waals surface area contributed by atoms with Crippen molar-refractivity contribution in [3.05, 3.63) is 79.7 Å². The first-order chi connectivity index (χ1) is 20.7. The second-order valence-electron chi connectivity index (χ2n) is 9.22. The quantitative estimate of drug-likeness (QED) is 0.0677. The molecule has 3 aromatic rings. The van der Waals surface area contributed by atoms with Crippen LogP contribution in [0.25, 0.3) is 0 Å². The molecule has 2 aromatic carbocycles. The van der Waals surface area contributed by atoms with Crippen molar-refractivity contribution >= 4 is 52.0 Å². The van der Waals surface area contributed by atoms with Crippen molar-refractivity contribution in [3.63, 3.8) is 0 Å². The van der Waals surface area contributed by atoms with Crippen LogP contribution < -0.4 is 20.2 Å². The number of carbonyl (C=O) groups excluding carboxylic acids is 4. The number of nitro benzene ring substituents is 1. The van der Waals surface area contributed by atoms with Gasteiger partial charge in [0, 0.05) is 10.9 Å². The molecule has 224 valence electrons. The van der Waals surface area contributed by atoms with Crippen molar-refractivity contribution in [1.29, 1.82) is 0 Å². The second-order valence-corrected chi connectivity index (χ2v) is 10.3. The van der Waals surface area contributed by atoms with E-state index in [9.17, 15) is 29.3 Å². The summed E-state index contributed by atoms with van der Waals surface area (Å²) in [6.07, 6.45) is 5.65. The highest BCUT2D eigenvalue weighted by Gasteiger charge is 2.28. The number of nitrogens with zero attached hydrogens (tertiary/aromatic N) is 2. The van der Waals surface area contributed by atoms with E-state index in [0.717, 1.165) is 36.1 Å². The van der Waals surface area contributed by atoms with Crippen LogP contribution in [0.15, 0.2) is 47.6 Å². The van der Waals surface area contributed by atoms with Crippen LogP contribution in [0.1, 0.15) is 62.9 Å². The van der Waals surface area contributed by atoms with Gasteiger partial charge in [-0.15, -0.1) is 11.3 Å². The number of hydrogen-bond acceptors (Lipinski definition) is 11. The third kappa shape index (κ3) is 7.40. The number of ether oxygens (including phenoxy) is 3. The fourth-order valence-electron chi connectivity index (χ4n) is 4.44. The topological polar surface area (TPSA) is 176 Å². The van der Waals surface area contributed by atoms with E-state index in [2.05, 4.69) is 15.8 Å². The van der Waals surface area contributed by atoms with Gasteiger partial charge in [-0.3, -0.25) is 19.7 Å². The van der Waals surface area contributed by atoms with Crippen LogP contribution in [-0.2, 0) is 27.2 Å². The molecule has 0 aliphatic heterocycles. The third-order valence-electron chi connectivity index (χ3n) is 6.42. The number of thiophene rings is 1. The van der Waals surface area contributed by atoms with Crippen molar-refractivity contribution in [2.24, 2.45) is 5.10 Å². The average molecular weight is 609 g/mol. The molecule has 0 atom stereocenters. The fourth-order valence-corrected chi connectivity index (χ4v) is 5.71. The van der Waals surface area contributed by atoms with E-state index < -0.39 is 34.4 Å². The Bertz CT molecular complexity index is 1600. The summed E-state index contributed by atoms with van der Waals surface area (Å²) < 4.78 is 15.8. The zero-order valence-electron chi connectivity index (χ0n) is 23.3. The van der Waals surface area contributed by atoms with E-state index in [0.29, 0.717) is 17.5 Å². The number of methoxy groups -OCH3 is 1. The number of nitrogens with one attached hydrogen (secondary N) is 2. The molecule has 1 aliphatic carbocycles. The van der Waals surface area contributed by atoms with Gasteiger partial charge in [-0.05, 0) is 68.0 Å². The molecule has 0 spiro atoms. The number of para-hydroxylation sites is 1. The average Bonchev–Trinajstić information content (AvgIpc) is 3.17. The molecule has 0 saturated heterocycles. The molecule has 13 nitrogen and oxygen atoms in total. The monoisotopic (exact) mass is 608 g/mol. The number of hydrazone groups is 1. The first-order valence-corrected chi connectivity index (χ1v) is 14.1. The molecule has 2 N–H and O–H groups in total. The summed E-state index contributed by atoms with van der Waals surface area (Å²) in [5.41, 5.74) is 3.07. The number of aryl methyl sites for hydroxylation is 1. The molecule has 43 heavy (non-hydrogen) atoms. The Hall–Kier alpha value is -5.11. The highest BCUT2D eigenvalue weighted by Crippen LogP contribution is 2.38. The fraction of sp³-hybridized carbons (Fsp3) is 0.276. The van der Waals surface area contributed by atoms with Gasteiger partial charge in [-0.2, -0.15) is 5.10 Å². The summed E-state index contributed by atoms with van der Waals surface area (Å²) in [4.78, 5) is 61.9. The Balaban J connectivity index is 1.41. The van der Waals surface area contributed by atoms with E-state index in [1.165, 1.54) is 67.1 Å². The van der Waals surface area contributed by atoms with Crippen molar-refractivity contribution in [3.8, 4) is 11.5 Å². The summed E-state index contributed by atoms with van der Waals surface area (Å²) in [5.74, 6) is -3.44. The number of amides is 2. The highest BCUT2D eigenvalue weighted by atomic mass is 32.1. The van der Waals surface area contributed by atoms with Gasteiger partial charge in [0.2, 0.25) is 0 Å². The van der Waals surface area contributed by atoms with Crippen LogP contribution in [-0.4, -0.2) is 48.6 Å². The van der Waals surface area contributed by atoms with Crippen molar-refractivity contribution < 1.29 is 38.3 Å². The van der Waals surface area contributed by atoms with E-state index in [-0.39, 0.29) is 28.7 Å². The number of hydrogen-bond donors (Lipinski definition) is 2. The van der Waals surface area contributed by atoms with Crippen molar-refractivity contribution in [1.82, 2.24) is 5.43 Å². The van der Waals surface area contributed by atoms with E-state index in [1.807, 2.05) is 0 Å². The van der Waals surface area contributed by atoms with Gasteiger partial charge >= 0.3 is 23.8 Å². The van der Waals surface area contributed by atoms with Crippen LogP contribution >= 0.6 is 11.3 Å². The highest BCUT2D eigenvalue weighted by molar-refractivity contribution is 7.17. The van der Waals surface area contributed by atoms with E-state index in [4.69, 9.17) is 14.2 Å². The van der Waals surface area contributed by atoms with Gasteiger partial charge in [0.05, 0.1) is 30.4 Å². The first kappa shape index (κ1) is 30.8. The lowest BCUT2D eigenvalue weighted by molar-refractivity contribution is -0.385. The van der Waals surface area contributed by atoms with E-state index in [1.54, 1.807) is 6.92 Å². The molecule has 0 radical (unpaired) electrons. The third-order valence-corrected chi connectivity index (χ3v) is 7.63. The number of fused-ring (bicyclic) bond motifs is 1. The number of nitro groups is 1. The summed E-state index contributed by atoms with van der Waals surface area (Å²) in [6, 6.07) is 9.70. The van der Waals surface area contributed by atoms with Crippen molar-refractivity contribution in [2.45, 2.75) is 39.0 Å². The maximum Gasteiger partial charge on any atom is 0.350 e. The maximum atomic E-state index is 12.7. The van der Waals surface area contributed by atoms with Gasteiger partial charge in [-0.1, -0.05) is 18.6 Å². The predicted octanol–water partition coefficient (Wildman–Crippen LogP) is 4.42. The zero-order chi connectivity index (χ0) is 30.9. The first-order valence-electron chi connectivity index (χ1n) is 13.3. The number of carbonyl (C=O) groups is 4. The largest absolute Gasteiger partial charge is 0.493 e. The number of anilines is 1. The SMILES string of the molecule is CCOC(=O)c1c(NC(=O)C(=O)N/N=C/c2ccc(OC(=O)c3ccccc3[N+](=O)[O-])c(OC)c2)sc2c1CCCCC2. The summed E-state index contributed by atoms with van der Waals surface area (Å²) in [5, 5.41) is 17.8. The predicted molar refractivity (Wildman–Crippen MR) is 157 cm³/mol. The molecule has 14 heteroatoms. The standard InChI is InChI=1S/C29H28N4O9S/c1-3-41-29(37)24-19-10-5-4-6-12-23(19)43-27(24)31-25(34)26(35)32-30-16-17-13-14-21(22(15-17)40-2)42-28(36)18-9-7-8-11-20(18)33(38)39/h7-9,11,13-16H,3-6,10,12H2,1-2H3,(H,31,34)(H,32,35)/b30-16+. The van der Waals surface area contributed by atoms with Crippen LogP contribution in [0.5, 0.6) is 11.5 Å². The molecule has 1 aliphatic rings. The molecule has 1 aromatic heterocycles. The molecular weight excluding hydrogens is 580 g/mol. The Morgan fingerprint density at radius 2 is 1.79 bits per heavy atom. The summed E-state index contributed by atoms with van der Waals surface area (Å²) >= 11 is 1.27. The molecule has 0 saturated carbocycles. The number of rotatable bonds is 9. The Morgan fingerprint density at radius 1 is 1.02 bits per heavy atom. The molecule has 0 bridgehead atoms. The zero-order valence-corrected chi connectivity index (χ0v) is 24.2.